The second-order valence-corrected chi connectivity index (χ2v) is 7.46. The van der Waals surface area contributed by atoms with Crippen LogP contribution in [0.3, 0.4) is 0 Å². The van der Waals surface area contributed by atoms with Gasteiger partial charge in [0.05, 0.1) is 0 Å². The molecule has 2 aromatic rings. The molecule has 1 amide bonds. The van der Waals surface area contributed by atoms with Crippen LogP contribution in [-0.2, 0) is 0 Å². The first kappa shape index (κ1) is 18.2. The average molecular weight is 388 g/mol. The Balaban J connectivity index is 1.30. The summed E-state index contributed by atoms with van der Waals surface area (Å²) in [5.41, 5.74) is 1.40. The zero-order valence-corrected chi connectivity index (χ0v) is 16.0. The summed E-state index contributed by atoms with van der Waals surface area (Å²) in [4.78, 5) is 19.2. The molecule has 144 valence electrons. The summed E-state index contributed by atoms with van der Waals surface area (Å²) in [6, 6.07) is 5.76. The highest BCUT2D eigenvalue weighted by molar-refractivity contribution is 7.13. The van der Waals surface area contributed by atoms with Gasteiger partial charge in [-0.15, -0.1) is 11.3 Å². The zero-order chi connectivity index (χ0) is 18.5. The van der Waals surface area contributed by atoms with Gasteiger partial charge in [-0.05, 0) is 31.2 Å². The van der Waals surface area contributed by atoms with Gasteiger partial charge in [0.25, 0.3) is 5.91 Å². The number of aromatic nitrogens is 1. The highest BCUT2D eigenvalue weighted by atomic mass is 32.1. The zero-order valence-electron chi connectivity index (χ0n) is 15.2. The van der Waals surface area contributed by atoms with Crippen molar-refractivity contribution in [3.05, 3.63) is 29.3 Å². The Morgan fingerprint density at radius 1 is 1.22 bits per heavy atom. The van der Waals surface area contributed by atoms with Gasteiger partial charge in [-0.2, -0.15) is 0 Å². The summed E-state index contributed by atoms with van der Waals surface area (Å²) in [5, 5.41) is 8.92. The third-order valence-electron chi connectivity index (χ3n) is 4.67. The molecular formula is C19H24N4O3S. The summed E-state index contributed by atoms with van der Waals surface area (Å²) in [5.74, 6) is 1.37. The van der Waals surface area contributed by atoms with Crippen LogP contribution in [0.5, 0.6) is 11.5 Å². The fourth-order valence-corrected chi connectivity index (χ4v) is 4.01. The van der Waals surface area contributed by atoms with Gasteiger partial charge in [0.2, 0.25) is 0 Å². The van der Waals surface area contributed by atoms with Crippen molar-refractivity contribution in [2.75, 3.05) is 52.5 Å². The molecular weight excluding hydrogens is 364 g/mol. The molecule has 0 saturated carbocycles. The minimum absolute atomic E-state index is 0.115. The lowest BCUT2D eigenvalue weighted by Gasteiger charge is -2.26. The van der Waals surface area contributed by atoms with Gasteiger partial charge >= 0.3 is 0 Å². The van der Waals surface area contributed by atoms with Crippen LogP contribution < -0.4 is 20.1 Å². The van der Waals surface area contributed by atoms with Crippen LogP contribution in [-0.4, -0.2) is 68.3 Å². The number of rotatable bonds is 6. The van der Waals surface area contributed by atoms with Crippen molar-refractivity contribution in [1.82, 2.24) is 20.5 Å². The number of ether oxygens (including phenoxy) is 2. The predicted octanol–water partition coefficient (Wildman–Crippen LogP) is 1.61. The van der Waals surface area contributed by atoms with Crippen molar-refractivity contribution in [2.24, 2.45) is 0 Å². The molecule has 0 bridgehead atoms. The summed E-state index contributed by atoms with van der Waals surface area (Å²) in [6.07, 6.45) is 0.949. The minimum Gasteiger partial charge on any atom is -0.486 e. The number of piperazine rings is 1. The highest BCUT2D eigenvalue weighted by Gasteiger charge is 2.16. The Morgan fingerprint density at radius 3 is 2.89 bits per heavy atom. The van der Waals surface area contributed by atoms with E-state index in [1.165, 1.54) is 11.3 Å². The maximum absolute atomic E-state index is 12.3. The molecule has 1 saturated heterocycles. The minimum atomic E-state index is -0.115. The Morgan fingerprint density at radius 2 is 2.04 bits per heavy atom. The summed E-state index contributed by atoms with van der Waals surface area (Å²) in [7, 11) is 0. The number of fused-ring (bicyclic) bond motifs is 1. The quantitative estimate of drug-likeness (QED) is 0.733. The fraction of sp³-hybridized carbons (Fsp3) is 0.474. The maximum atomic E-state index is 12.3. The van der Waals surface area contributed by atoms with Crippen molar-refractivity contribution in [3.63, 3.8) is 0 Å². The number of thiazole rings is 1. The van der Waals surface area contributed by atoms with Crippen LogP contribution in [0.15, 0.2) is 23.6 Å². The summed E-state index contributed by atoms with van der Waals surface area (Å²) in [6.45, 7) is 7.07. The lowest BCUT2D eigenvalue weighted by Crippen LogP contribution is -2.44. The van der Waals surface area contributed by atoms with Crippen LogP contribution in [0.4, 0.5) is 0 Å². The van der Waals surface area contributed by atoms with Gasteiger partial charge < -0.3 is 25.0 Å². The van der Waals surface area contributed by atoms with E-state index in [0.717, 1.165) is 61.2 Å². The monoisotopic (exact) mass is 388 g/mol. The molecule has 2 aliphatic rings. The van der Waals surface area contributed by atoms with E-state index in [-0.39, 0.29) is 5.91 Å². The molecule has 8 heteroatoms. The first-order chi connectivity index (χ1) is 13.3. The molecule has 2 N–H and O–H groups in total. The number of hydrogen-bond acceptors (Lipinski definition) is 7. The Bertz CT molecular complexity index is 789. The van der Waals surface area contributed by atoms with E-state index in [1.54, 1.807) is 5.38 Å². The number of amides is 1. The molecule has 0 unspecified atom stereocenters. The van der Waals surface area contributed by atoms with Gasteiger partial charge in [-0.25, -0.2) is 4.98 Å². The molecule has 2 aliphatic heterocycles. The Kier molecular flexibility index (Phi) is 5.86. The van der Waals surface area contributed by atoms with Gasteiger partial charge in [-0.3, -0.25) is 4.79 Å². The third-order valence-corrected chi connectivity index (χ3v) is 5.56. The molecule has 1 aromatic carbocycles. The van der Waals surface area contributed by atoms with Crippen molar-refractivity contribution in [1.29, 1.82) is 0 Å². The topological polar surface area (TPSA) is 75.7 Å². The van der Waals surface area contributed by atoms with Crippen molar-refractivity contribution in [3.8, 4) is 22.1 Å². The van der Waals surface area contributed by atoms with E-state index in [4.69, 9.17) is 9.47 Å². The molecule has 1 fully saturated rings. The van der Waals surface area contributed by atoms with Crippen molar-refractivity contribution < 1.29 is 14.3 Å². The normalized spacial score (nSPS) is 16.9. The summed E-state index contributed by atoms with van der Waals surface area (Å²) >= 11 is 1.46. The lowest BCUT2D eigenvalue weighted by molar-refractivity contribution is 0.0947. The number of carbonyl (C=O) groups is 1. The van der Waals surface area contributed by atoms with Crippen LogP contribution >= 0.6 is 11.3 Å². The molecule has 1 aromatic heterocycles. The van der Waals surface area contributed by atoms with Crippen molar-refractivity contribution in [2.45, 2.75) is 6.42 Å². The number of hydrogen-bond donors (Lipinski definition) is 2. The molecule has 0 radical (unpaired) electrons. The molecule has 0 aliphatic carbocycles. The summed E-state index contributed by atoms with van der Waals surface area (Å²) < 4.78 is 11.2. The smallest absolute Gasteiger partial charge is 0.270 e. The number of nitrogens with zero attached hydrogens (tertiary/aromatic N) is 2. The van der Waals surface area contributed by atoms with E-state index in [9.17, 15) is 4.79 Å². The standard InChI is InChI=1S/C19H24N4O3S/c24-18(21-4-1-7-23-8-5-20-6-9-23)15-13-27-19(22-15)14-2-3-16-17(12-14)26-11-10-25-16/h2-3,12-13,20H,1,4-11H2,(H,21,24). The van der Waals surface area contributed by atoms with E-state index >= 15 is 0 Å². The molecule has 7 nitrogen and oxygen atoms in total. The maximum Gasteiger partial charge on any atom is 0.270 e. The van der Waals surface area contributed by atoms with E-state index < -0.39 is 0 Å². The average Bonchev–Trinajstić information content (AvgIpc) is 3.22. The Hall–Kier alpha value is -2.16. The molecule has 4 rings (SSSR count). The largest absolute Gasteiger partial charge is 0.486 e. The van der Waals surface area contributed by atoms with Crippen LogP contribution in [0, 0.1) is 0 Å². The first-order valence-electron chi connectivity index (χ1n) is 9.36. The molecule has 0 spiro atoms. The number of benzene rings is 1. The SMILES string of the molecule is O=C(NCCCN1CCNCC1)c1csc(-c2ccc3c(c2)OCCO3)n1. The van der Waals surface area contributed by atoms with E-state index in [1.807, 2.05) is 18.2 Å². The van der Waals surface area contributed by atoms with Gasteiger partial charge in [-0.1, -0.05) is 0 Å². The van der Waals surface area contributed by atoms with Crippen LogP contribution in [0.1, 0.15) is 16.9 Å². The predicted molar refractivity (Wildman–Crippen MR) is 105 cm³/mol. The molecule has 0 atom stereocenters. The van der Waals surface area contributed by atoms with Gasteiger partial charge in [0, 0.05) is 43.7 Å². The Labute approximate surface area is 162 Å². The molecule has 3 heterocycles. The van der Waals surface area contributed by atoms with Crippen molar-refractivity contribution >= 4 is 17.2 Å². The van der Waals surface area contributed by atoms with Crippen LogP contribution in [0.2, 0.25) is 0 Å². The van der Waals surface area contributed by atoms with Crippen LogP contribution in [0.25, 0.3) is 10.6 Å². The van der Waals surface area contributed by atoms with Gasteiger partial charge in [0.15, 0.2) is 11.5 Å². The second-order valence-electron chi connectivity index (χ2n) is 6.60. The lowest BCUT2D eigenvalue weighted by atomic mass is 10.2. The number of carbonyl (C=O) groups excluding carboxylic acids is 1. The van der Waals surface area contributed by atoms with E-state index in [2.05, 4.69) is 20.5 Å². The first-order valence-corrected chi connectivity index (χ1v) is 10.2. The van der Waals surface area contributed by atoms with Gasteiger partial charge in [0.1, 0.15) is 23.9 Å². The number of nitrogens with one attached hydrogen (secondary N) is 2. The fourth-order valence-electron chi connectivity index (χ4n) is 3.22. The second kappa shape index (κ2) is 8.69. The third kappa shape index (κ3) is 4.58. The molecule has 27 heavy (non-hydrogen) atoms. The highest BCUT2D eigenvalue weighted by Crippen LogP contribution is 2.35. The van der Waals surface area contributed by atoms with E-state index in [0.29, 0.717) is 25.5 Å².